The van der Waals surface area contributed by atoms with Gasteiger partial charge in [-0.2, -0.15) is 0 Å². The Morgan fingerprint density at radius 2 is 1.82 bits per heavy atom. The van der Waals surface area contributed by atoms with Crippen molar-refractivity contribution in [1.82, 2.24) is 10.3 Å². The van der Waals surface area contributed by atoms with Crippen molar-refractivity contribution >= 4 is 39.2 Å². The summed E-state index contributed by atoms with van der Waals surface area (Å²) in [6, 6.07) is 20.1. The molecule has 1 aliphatic rings. The van der Waals surface area contributed by atoms with Crippen molar-refractivity contribution in [2.24, 2.45) is 0 Å². The Kier molecular flexibility index (Phi) is 5.56. The highest BCUT2D eigenvalue weighted by molar-refractivity contribution is 7.85. The van der Waals surface area contributed by atoms with Crippen molar-refractivity contribution in [3.63, 3.8) is 0 Å². The molecule has 0 saturated carbocycles. The summed E-state index contributed by atoms with van der Waals surface area (Å²) in [5.41, 5.74) is 3.59. The quantitative estimate of drug-likeness (QED) is 0.469. The Morgan fingerprint density at radius 1 is 1.03 bits per heavy atom. The lowest BCUT2D eigenvalue weighted by Crippen LogP contribution is -2.31. The van der Waals surface area contributed by atoms with Crippen LogP contribution in [-0.2, 0) is 17.2 Å². The fourth-order valence-corrected chi connectivity index (χ4v) is 5.61. The fraction of sp³-hybridized carbons (Fsp3) is 0.154. The lowest BCUT2D eigenvalue weighted by molar-refractivity contribution is 0.0950. The van der Waals surface area contributed by atoms with Crippen LogP contribution < -0.4 is 10.2 Å². The van der Waals surface area contributed by atoms with Crippen LogP contribution in [0.3, 0.4) is 0 Å². The second-order valence-electron chi connectivity index (χ2n) is 7.86. The molecular weight excluding hydrogens is 434 g/mol. The Labute approximate surface area is 194 Å². The third-order valence-corrected chi connectivity index (χ3v) is 7.45. The third kappa shape index (κ3) is 3.74. The zero-order valence-electron chi connectivity index (χ0n) is 18.1. The molecule has 0 aliphatic carbocycles. The lowest BCUT2D eigenvalue weighted by atomic mass is 10.1. The average molecular weight is 458 g/mol. The molecule has 7 heteroatoms. The van der Waals surface area contributed by atoms with Crippen LogP contribution in [0.4, 0.5) is 5.69 Å². The van der Waals surface area contributed by atoms with Crippen molar-refractivity contribution in [2.45, 2.75) is 23.1 Å². The van der Waals surface area contributed by atoms with E-state index in [2.05, 4.69) is 16.4 Å². The number of para-hydroxylation sites is 1. The van der Waals surface area contributed by atoms with E-state index in [1.54, 1.807) is 47.4 Å². The number of aromatic amines is 1. The van der Waals surface area contributed by atoms with E-state index in [-0.39, 0.29) is 11.8 Å². The molecule has 6 nitrogen and oxygen atoms in total. The monoisotopic (exact) mass is 457 g/mol. The summed E-state index contributed by atoms with van der Waals surface area (Å²) in [5, 5.41) is 4.11. The van der Waals surface area contributed by atoms with Crippen molar-refractivity contribution in [2.75, 3.05) is 18.0 Å². The predicted molar refractivity (Wildman–Crippen MR) is 129 cm³/mol. The van der Waals surface area contributed by atoms with Crippen molar-refractivity contribution in [3.05, 3.63) is 89.6 Å². The van der Waals surface area contributed by atoms with Gasteiger partial charge in [-0.1, -0.05) is 30.3 Å². The summed E-state index contributed by atoms with van der Waals surface area (Å²) < 4.78 is 13.3. The summed E-state index contributed by atoms with van der Waals surface area (Å²) in [6.07, 6.45) is 2.66. The molecule has 0 saturated heterocycles. The van der Waals surface area contributed by atoms with Gasteiger partial charge in [-0.25, -0.2) is 4.21 Å². The first-order valence-corrected chi connectivity index (χ1v) is 12.0. The van der Waals surface area contributed by atoms with Gasteiger partial charge >= 0.3 is 0 Å². The summed E-state index contributed by atoms with van der Waals surface area (Å²) >= 11 is 0. The molecule has 1 atom stereocenters. The van der Waals surface area contributed by atoms with Gasteiger partial charge in [-0.05, 0) is 55.3 Å². The maximum atomic E-state index is 13.3. The number of amides is 2. The molecule has 2 N–H and O–H groups in total. The first-order chi connectivity index (χ1) is 16.1. The number of fused-ring (bicyclic) bond motifs is 3. The van der Waals surface area contributed by atoms with Crippen LogP contribution >= 0.6 is 0 Å². The highest BCUT2D eigenvalue weighted by atomic mass is 32.2. The Hall–Kier alpha value is -3.71. The molecule has 4 aromatic rings. The fourth-order valence-electron chi connectivity index (χ4n) is 4.27. The number of aromatic nitrogens is 1. The van der Waals surface area contributed by atoms with Crippen LogP contribution in [-0.4, -0.2) is 34.1 Å². The number of carbonyl (C=O) groups is 2. The van der Waals surface area contributed by atoms with Gasteiger partial charge in [0.15, 0.2) is 0 Å². The molecule has 2 amide bonds. The molecule has 0 spiro atoms. The third-order valence-electron chi connectivity index (χ3n) is 5.95. The predicted octanol–water partition coefficient (Wildman–Crippen LogP) is 4.29. The number of hydrogen-bond acceptors (Lipinski definition) is 3. The number of hydrogen-bond donors (Lipinski definition) is 2. The summed E-state index contributed by atoms with van der Waals surface area (Å²) in [7, 11) is -1.51. The largest absolute Gasteiger partial charge is 0.361 e. The zero-order chi connectivity index (χ0) is 22.9. The van der Waals surface area contributed by atoms with Crippen molar-refractivity contribution in [3.8, 4) is 0 Å². The Morgan fingerprint density at radius 3 is 2.67 bits per heavy atom. The number of H-pyrrole nitrogens is 1. The molecule has 0 fully saturated rings. The normalized spacial score (nSPS) is 15.1. The smallest absolute Gasteiger partial charge is 0.259 e. The summed E-state index contributed by atoms with van der Waals surface area (Å²) in [6.45, 7) is 2.75. The minimum atomic E-state index is -1.51. The minimum absolute atomic E-state index is 0.211. The number of benzene rings is 3. The lowest BCUT2D eigenvalue weighted by Gasteiger charge is -2.21. The van der Waals surface area contributed by atoms with E-state index in [1.165, 1.54) is 0 Å². The highest BCUT2D eigenvalue weighted by Crippen LogP contribution is 2.35. The van der Waals surface area contributed by atoms with E-state index in [0.29, 0.717) is 46.1 Å². The van der Waals surface area contributed by atoms with E-state index in [1.807, 2.05) is 31.3 Å². The van der Waals surface area contributed by atoms with Crippen molar-refractivity contribution < 1.29 is 13.8 Å². The zero-order valence-corrected chi connectivity index (χ0v) is 18.9. The van der Waals surface area contributed by atoms with E-state index < -0.39 is 10.8 Å². The van der Waals surface area contributed by atoms with Crippen LogP contribution in [0.2, 0.25) is 0 Å². The summed E-state index contributed by atoms with van der Waals surface area (Å²) in [4.78, 5) is 31.9. The molecule has 1 aliphatic heterocycles. The van der Waals surface area contributed by atoms with Gasteiger partial charge in [0.2, 0.25) is 0 Å². The standard InChI is InChI=1S/C26H23N3O3S/c1-2-29-22-15-17(11-12-24(22)33(32)23-10-6-4-8-20(23)26(29)31)25(30)27-14-13-18-16-28-21-9-5-3-7-19(18)21/h3-12,15-16,28H,2,13-14H2,1H3,(H,27,30). The molecule has 166 valence electrons. The van der Waals surface area contributed by atoms with Gasteiger partial charge < -0.3 is 15.2 Å². The minimum Gasteiger partial charge on any atom is -0.361 e. The van der Waals surface area contributed by atoms with E-state index >= 15 is 0 Å². The highest BCUT2D eigenvalue weighted by Gasteiger charge is 2.30. The maximum absolute atomic E-state index is 13.3. The topological polar surface area (TPSA) is 82.3 Å². The molecule has 33 heavy (non-hydrogen) atoms. The molecule has 3 aromatic carbocycles. The van der Waals surface area contributed by atoms with Gasteiger partial charge in [0.25, 0.3) is 11.8 Å². The van der Waals surface area contributed by atoms with Gasteiger partial charge in [-0.15, -0.1) is 0 Å². The number of carbonyl (C=O) groups excluding carboxylic acids is 2. The molecule has 0 bridgehead atoms. The van der Waals surface area contributed by atoms with Gasteiger partial charge in [0.1, 0.15) is 0 Å². The van der Waals surface area contributed by atoms with Gasteiger partial charge in [0, 0.05) is 35.8 Å². The molecule has 0 radical (unpaired) electrons. The van der Waals surface area contributed by atoms with Crippen LogP contribution in [0.1, 0.15) is 33.2 Å². The second-order valence-corrected chi connectivity index (χ2v) is 9.28. The number of rotatable bonds is 5. The average Bonchev–Trinajstić information content (AvgIpc) is 3.23. The van der Waals surface area contributed by atoms with Crippen LogP contribution in [0.5, 0.6) is 0 Å². The molecule has 2 heterocycles. The van der Waals surface area contributed by atoms with E-state index in [4.69, 9.17) is 0 Å². The summed E-state index contributed by atoms with van der Waals surface area (Å²) in [5.74, 6) is -0.439. The maximum Gasteiger partial charge on any atom is 0.259 e. The van der Waals surface area contributed by atoms with Crippen LogP contribution in [0, 0.1) is 0 Å². The Balaban J connectivity index is 1.38. The van der Waals surface area contributed by atoms with Crippen LogP contribution in [0.25, 0.3) is 10.9 Å². The first-order valence-electron chi connectivity index (χ1n) is 10.9. The SMILES string of the molecule is CCN1C(=O)c2ccccc2S(=O)c2ccc(C(=O)NCCc3c[nH]c4ccccc34)cc21. The van der Waals surface area contributed by atoms with Gasteiger partial charge in [0.05, 0.1) is 31.8 Å². The van der Waals surface area contributed by atoms with E-state index in [0.717, 1.165) is 16.5 Å². The van der Waals surface area contributed by atoms with Crippen molar-refractivity contribution in [1.29, 1.82) is 0 Å². The first kappa shape index (κ1) is 21.2. The van der Waals surface area contributed by atoms with Gasteiger partial charge in [-0.3, -0.25) is 9.59 Å². The number of anilines is 1. The Bertz CT molecular complexity index is 1410. The molecular formula is C26H23N3O3S. The molecule has 5 rings (SSSR count). The van der Waals surface area contributed by atoms with E-state index in [9.17, 15) is 13.8 Å². The number of nitrogens with one attached hydrogen (secondary N) is 2. The second kappa shape index (κ2) is 8.67. The van der Waals surface area contributed by atoms with Crippen LogP contribution in [0.15, 0.2) is 82.7 Å². The number of nitrogens with zero attached hydrogens (tertiary/aromatic N) is 1. The molecule has 1 unspecified atom stereocenters. The molecule has 1 aromatic heterocycles.